The van der Waals surface area contributed by atoms with Crippen molar-refractivity contribution in [3.8, 4) is 0 Å². The van der Waals surface area contributed by atoms with Gasteiger partial charge in [-0.1, -0.05) is 17.7 Å². The lowest BCUT2D eigenvalue weighted by Crippen LogP contribution is -2.39. The van der Waals surface area contributed by atoms with Crippen molar-refractivity contribution in [3.63, 3.8) is 0 Å². The van der Waals surface area contributed by atoms with Crippen molar-refractivity contribution in [2.24, 2.45) is 11.8 Å². The van der Waals surface area contributed by atoms with Gasteiger partial charge in [-0.3, -0.25) is 9.59 Å². The average Bonchev–Trinajstić information content (AvgIpc) is 2.58. The molecule has 1 saturated carbocycles. The van der Waals surface area contributed by atoms with E-state index in [-0.39, 0.29) is 35.7 Å². The summed E-state index contributed by atoms with van der Waals surface area (Å²) in [6.45, 7) is 0.225. The summed E-state index contributed by atoms with van der Waals surface area (Å²) in [5.74, 6) is -1.55. The van der Waals surface area contributed by atoms with E-state index in [0.717, 1.165) is 0 Å². The van der Waals surface area contributed by atoms with Crippen molar-refractivity contribution in [2.75, 3.05) is 13.1 Å². The first-order valence-electron chi connectivity index (χ1n) is 8.05. The van der Waals surface area contributed by atoms with Crippen LogP contribution in [0.15, 0.2) is 29.2 Å². The minimum Gasteiger partial charge on any atom is -0.481 e. The zero-order valence-electron chi connectivity index (χ0n) is 13.6. The first-order valence-corrected chi connectivity index (χ1v) is 9.91. The Morgan fingerprint density at radius 2 is 1.76 bits per heavy atom. The highest BCUT2D eigenvalue weighted by molar-refractivity contribution is 7.89. The molecule has 1 aromatic rings. The first kappa shape index (κ1) is 19.7. The highest BCUT2D eigenvalue weighted by Crippen LogP contribution is 2.28. The Hall–Kier alpha value is -1.64. The number of nitrogens with one attached hydrogen (secondary N) is 2. The molecule has 0 aliphatic heterocycles. The molecule has 138 valence electrons. The van der Waals surface area contributed by atoms with Crippen LogP contribution in [0.25, 0.3) is 0 Å². The number of hydrogen-bond acceptors (Lipinski definition) is 4. The quantitative estimate of drug-likeness (QED) is 0.614. The maximum Gasteiger partial charge on any atom is 0.306 e. The predicted molar refractivity (Wildman–Crippen MR) is 92.7 cm³/mol. The molecular formula is C16H21ClN2O5S. The summed E-state index contributed by atoms with van der Waals surface area (Å²) in [5.41, 5.74) is 0. The summed E-state index contributed by atoms with van der Waals surface area (Å²) in [4.78, 5) is 23.0. The lowest BCUT2D eigenvalue weighted by molar-refractivity contribution is -0.144. The van der Waals surface area contributed by atoms with E-state index in [2.05, 4.69) is 10.0 Å². The third kappa shape index (κ3) is 5.69. The van der Waals surface area contributed by atoms with Gasteiger partial charge in [0.1, 0.15) is 0 Å². The van der Waals surface area contributed by atoms with Crippen molar-refractivity contribution < 1.29 is 23.1 Å². The number of carbonyl (C=O) groups is 2. The zero-order valence-corrected chi connectivity index (χ0v) is 15.1. The molecule has 0 spiro atoms. The molecule has 1 aliphatic carbocycles. The third-order valence-corrected chi connectivity index (χ3v) is 5.96. The van der Waals surface area contributed by atoms with Gasteiger partial charge in [-0.15, -0.1) is 0 Å². The fourth-order valence-corrected chi connectivity index (χ4v) is 4.17. The molecular weight excluding hydrogens is 368 g/mol. The predicted octanol–water partition coefficient (Wildman–Crippen LogP) is 1.63. The van der Waals surface area contributed by atoms with E-state index in [0.29, 0.717) is 30.7 Å². The molecule has 1 aromatic carbocycles. The average molecular weight is 389 g/mol. The second-order valence-corrected chi connectivity index (χ2v) is 8.24. The number of amides is 1. The number of rotatable bonds is 7. The van der Waals surface area contributed by atoms with E-state index < -0.39 is 16.0 Å². The lowest BCUT2D eigenvalue weighted by atomic mass is 9.81. The van der Waals surface area contributed by atoms with Crippen LogP contribution >= 0.6 is 11.6 Å². The fourth-order valence-electron chi connectivity index (χ4n) is 2.84. The van der Waals surface area contributed by atoms with Gasteiger partial charge in [0.25, 0.3) is 0 Å². The van der Waals surface area contributed by atoms with Gasteiger partial charge in [0.05, 0.1) is 10.8 Å². The second-order valence-electron chi connectivity index (χ2n) is 6.03. The van der Waals surface area contributed by atoms with Crippen molar-refractivity contribution in [3.05, 3.63) is 29.3 Å². The Bertz CT molecular complexity index is 730. The molecule has 7 nitrogen and oxygen atoms in total. The van der Waals surface area contributed by atoms with Crippen LogP contribution in [0.5, 0.6) is 0 Å². The van der Waals surface area contributed by atoms with Gasteiger partial charge < -0.3 is 10.4 Å². The molecule has 9 heteroatoms. The SMILES string of the molecule is O=C(O)C1CCC(C(=O)NCCNS(=O)(=O)c2cccc(Cl)c2)CC1. The Morgan fingerprint density at radius 3 is 2.36 bits per heavy atom. The van der Waals surface area contributed by atoms with Crippen LogP contribution in [0.1, 0.15) is 25.7 Å². The van der Waals surface area contributed by atoms with Crippen molar-refractivity contribution in [1.29, 1.82) is 0 Å². The molecule has 2 rings (SSSR count). The molecule has 3 N–H and O–H groups in total. The number of carboxylic acid groups (broad SMARTS) is 1. The van der Waals surface area contributed by atoms with Gasteiger partial charge in [-0.05, 0) is 43.9 Å². The molecule has 0 unspecified atom stereocenters. The summed E-state index contributed by atoms with van der Waals surface area (Å²) in [6, 6.07) is 5.92. The summed E-state index contributed by atoms with van der Waals surface area (Å²) in [7, 11) is -3.67. The minimum absolute atomic E-state index is 0.0606. The van der Waals surface area contributed by atoms with Crippen LogP contribution in [-0.4, -0.2) is 38.5 Å². The number of aliphatic carboxylic acids is 1. The van der Waals surface area contributed by atoms with Gasteiger partial charge in [-0.25, -0.2) is 13.1 Å². The number of carboxylic acids is 1. The van der Waals surface area contributed by atoms with E-state index in [9.17, 15) is 18.0 Å². The highest BCUT2D eigenvalue weighted by Gasteiger charge is 2.29. The number of halogens is 1. The Morgan fingerprint density at radius 1 is 1.12 bits per heavy atom. The standard InChI is InChI=1S/C16H21ClN2O5S/c17-13-2-1-3-14(10-13)25(23,24)19-9-8-18-15(20)11-4-6-12(7-5-11)16(21)22/h1-3,10-12,19H,4-9H2,(H,18,20)(H,21,22). The zero-order chi connectivity index (χ0) is 18.4. The summed E-state index contributed by atoms with van der Waals surface area (Å²) in [5, 5.41) is 12.0. The van der Waals surface area contributed by atoms with Crippen LogP contribution in [0.2, 0.25) is 5.02 Å². The van der Waals surface area contributed by atoms with Crippen LogP contribution < -0.4 is 10.0 Å². The van der Waals surface area contributed by atoms with Crippen LogP contribution in [0, 0.1) is 11.8 Å². The summed E-state index contributed by atoms with van der Waals surface area (Å²) < 4.78 is 26.6. The molecule has 1 fully saturated rings. The van der Waals surface area contributed by atoms with Gasteiger partial charge in [0.15, 0.2) is 0 Å². The van der Waals surface area contributed by atoms with E-state index in [1.807, 2.05) is 0 Å². The maximum absolute atomic E-state index is 12.1. The van der Waals surface area contributed by atoms with Crippen LogP contribution in [-0.2, 0) is 19.6 Å². The largest absolute Gasteiger partial charge is 0.481 e. The van der Waals surface area contributed by atoms with Crippen molar-refractivity contribution >= 4 is 33.5 Å². The van der Waals surface area contributed by atoms with Gasteiger partial charge >= 0.3 is 5.97 Å². The van der Waals surface area contributed by atoms with E-state index >= 15 is 0 Å². The van der Waals surface area contributed by atoms with Crippen molar-refractivity contribution in [1.82, 2.24) is 10.0 Å². The smallest absolute Gasteiger partial charge is 0.306 e. The molecule has 0 atom stereocenters. The topological polar surface area (TPSA) is 113 Å². The number of carbonyl (C=O) groups excluding carboxylic acids is 1. The van der Waals surface area contributed by atoms with E-state index in [1.54, 1.807) is 12.1 Å². The van der Waals surface area contributed by atoms with Gasteiger partial charge in [0.2, 0.25) is 15.9 Å². The molecule has 0 radical (unpaired) electrons. The number of hydrogen-bond donors (Lipinski definition) is 3. The first-order chi connectivity index (χ1) is 11.8. The van der Waals surface area contributed by atoms with Crippen molar-refractivity contribution in [2.45, 2.75) is 30.6 Å². The van der Waals surface area contributed by atoms with Gasteiger partial charge in [0, 0.05) is 24.0 Å². The minimum atomic E-state index is -3.67. The lowest BCUT2D eigenvalue weighted by Gasteiger charge is -2.25. The summed E-state index contributed by atoms with van der Waals surface area (Å²) in [6.07, 6.45) is 2.07. The number of benzene rings is 1. The number of sulfonamides is 1. The Balaban J connectivity index is 1.74. The van der Waals surface area contributed by atoms with Gasteiger partial charge in [-0.2, -0.15) is 0 Å². The third-order valence-electron chi connectivity index (χ3n) is 4.27. The van der Waals surface area contributed by atoms with Crippen LogP contribution in [0.3, 0.4) is 0 Å². The van der Waals surface area contributed by atoms with E-state index in [1.165, 1.54) is 12.1 Å². The van der Waals surface area contributed by atoms with E-state index in [4.69, 9.17) is 16.7 Å². The Labute approximate surface area is 151 Å². The highest BCUT2D eigenvalue weighted by atomic mass is 35.5. The normalized spacial score (nSPS) is 20.8. The molecule has 0 saturated heterocycles. The maximum atomic E-state index is 12.1. The molecule has 1 aliphatic rings. The fraction of sp³-hybridized carbons (Fsp3) is 0.500. The second kappa shape index (κ2) is 8.64. The summed E-state index contributed by atoms with van der Waals surface area (Å²) >= 11 is 5.78. The Kier molecular flexibility index (Phi) is 6.80. The molecule has 1 amide bonds. The molecule has 0 aromatic heterocycles. The molecule has 0 bridgehead atoms. The van der Waals surface area contributed by atoms with Crippen LogP contribution in [0.4, 0.5) is 0 Å². The molecule has 25 heavy (non-hydrogen) atoms. The monoisotopic (exact) mass is 388 g/mol. The molecule has 0 heterocycles.